The third-order valence-electron chi connectivity index (χ3n) is 2.88. The molecule has 3 heteroatoms. The van der Waals surface area contributed by atoms with Crippen LogP contribution in [-0.4, -0.2) is 35.1 Å². The van der Waals surface area contributed by atoms with E-state index < -0.39 is 11.7 Å². The van der Waals surface area contributed by atoms with Gasteiger partial charge in [0.15, 0.2) is 0 Å². The minimum atomic E-state index is -1.03. The standard InChI is InChI=1S/C10H20O3/c1-9(2)5-7(13-4)8(11)10(3,12)6-9/h7-8,11-12H,5-6H2,1-4H3/t7-,8+,10-/m1/s1. The zero-order valence-corrected chi connectivity index (χ0v) is 8.87. The summed E-state index contributed by atoms with van der Waals surface area (Å²) in [6.45, 7) is 5.84. The van der Waals surface area contributed by atoms with Gasteiger partial charge in [-0.15, -0.1) is 0 Å². The van der Waals surface area contributed by atoms with Crippen LogP contribution in [0.1, 0.15) is 33.6 Å². The number of hydrogen-bond acceptors (Lipinski definition) is 3. The molecule has 0 aromatic rings. The molecule has 1 rings (SSSR count). The number of methoxy groups -OCH3 is 1. The molecule has 0 heterocycles. The molecule has 1 aliphatic carbocycles. The van der Waals surface area contributed by atoms with E-state index in [4.69, 9.17) is 4.74 Å². The van der Waals surface area contributed by atoms with E-state index in [-0.39, 0.29) is 11.5 Å². The summed E-state index contributed by atoms with van der Waals surface area (Å²) in [6, 6.07) is 0. The largest absolute Gasteiger partial charge is 0.387 e. The fourth-order valence-electron chi connectivity index (χ4n) is 2.41. The van der Waals surface area contributed by atoms with Gasteiger partial charge in [0.2, 0.25) is 0 Å². The Morgan fingerprint density at radius 3 is 2.31 bits per heavy atom. The summed E-state index contributed by atoms with van der Waals surface area (Å²) < 4.78 is 5.16. The van der Waals surface area contributed by atoms with Gasteiger partial charge in [-0.05, 0) is 25.2 Å². The molecule has 1 aliphatic rings. The topological polar surface area (TPSA) is 49.7 Å². The summed E-state index contributed by atoms with van der Waals surface area (Å²) >= 11 is 0. The molecular weight excluding hydrogens is 168 g/mol. The summed E-state index contributed by atoms with van der Waals surface area (Å²) in [5.74, 6) is 0. The van der Waals surface area contributed by atoms with Crippen LogP contribution in [-0.2, 0) is 4.74 Å². The summed E-state index contributed by atoms with van der Waals surface area (Å²) in [5.41, 5.74) is -0.994. The van der Waals surface area contributed by atoms with Gasteiger partial charge in [0.05, 0.1) is 11.7 Å². The summed E-state index contributed by atoms with van der Waals surface area (Å²) in [5, 5.41) is 19.7. The molecule has 1 saturated carbocycles. The van der Waals surface area contributed by atoms with Crippen LogP contribution in [0.5, 0.6) is 0 Å². The quantitative estimate of drug-likeness (QED) is 0.643. The maximum atomic E-state index is 9.95. The second-order valence-corrected chi connectivity index (χ2v) is 5.12. The smallest absolute Gasteiger partial charge is 0.108 e. The number of hydrogen-bond donors (Lipinski definition) is 2. The summed E-state index contributed by atoms with van der Waals surface area (Å²) in [4.78, 5) is 0. The molecular formula is C10H20O3. The molecule has 0 aromatic carbocycles. The van der Waals surface area contributed by atoms with Crippen molar-refractivity contribution in [3.05, 3.63) is 0 Å². The molecule has 0 unspecified atom stereocenters. The SMILES string of the molecule is CO[C@@H]1CC(C)(C)C[C@@](C)(O)[C@H]1O. The van der Waals surface area contributed by atoms with Gasteiger partial charge in [0.1, 0.15) is 6.10 Å². The van der Waals surface area contributed by atoms with Crippen LogP contribution in [0.4, 0.5) is 0 Å². The van der Waals surface area contributed by atoms with Crippen LogP contribution >= 0.6 is 0 Å². The van der Waals surface area contributed by atoms with Crippen molar-refractivity contribution in [3.8, 4) is 0 Å². The molecule has 0 bridgehead atoms. The molecule has 0 aliphatic heterocycles. The molecule has 78 valence electrons. The van der Waals surface area contributed by atoms with Crippen molar-refractivity contribution >= 4 is 0 Å². The Kier molecular flexibility index (Phi) is 2.72. The lowest BCUT2D eigenvalue weighted by molar-refractivity contribution is -0.177. The highest BCUT2D eigenvalue weighted by Crippen LogP contribution is 2.41. The second kappa shape index (κ2) is 3.23. The molecule has 0 radical (unpaired) electrons. The van der Waals surface area contributed by atoms with Gasteiger partial charge < -0.3 is 14.9 Å². The number of ether oxygens (including phenoxy) is 1. The maximum Gasteiger partial charge on any atom is 0.108 e. The molecule has 3 nitrogen and oxygen atoms in total. The minimum absolute atomic E-state index is 0.0312. The van der Waals surface area contributed by atoms with E-state index in [1.807, 2.05) is 0 Å². The fraction of sp³-hybridized carbons (Fsp3) is 1.00. The van der Waals surface area contributed by atoms with E-state index >= 15 is 0 Å². The van der Waals surface area contributed by atoms with Crippen LogP contribution in [0, 0.1) is 5.41 Å². The van der Waals surface area contributed by atoms with Crippen LogP contribution in [0.3, 0.4) is 0 Å². The molecule has 3 atom stereocenters. The van der Waals surface area contributed by atoms with Crippen molar-refractivity contribution < 1.29 is 14.9 Å². The van der Waals surface area contributed by atoms with Crippen molar-refractivity contribution in [2.45, 2.75) is 51.4 Å². The van der Waals surface area contributed by atoms with Crippen molar-refractivity contribution in [1.82, 2.24) is 0 Å². The molecule has 0 amide bonds. The van der Waals surface area contributed by atoms with E-state index in [1.165, 1.54) is 0 Å². The van der Waals surface area contributed by atoms with Crippen molar-refractivity contribution in [2.24, 2.45) is 5.41 Å². The van der Waals surface area contributed by atoms with Gasteiger partial charge in [-0.2, -0.15) is 0 Å². The van der Waals surface area contributed by atoms with Crippen molar-refractivity contribution in [3.63, 3.8) is 0 Å². The van der Waals surface area contributed by atoms with E-state index in [0.717, 1.165) is 6.42 Å². The van der Waals surface area contributed by atoms with Crippen LogP contribution in [0.25, 0.3) is 0 Å². The second-order valence-electron chi connectivity index (χ2n) is 5.12. The summed E-state index contributed by atoms with van der Waals surface area (Å²) in [6.07, 6.45) is 0.381. The van der Waals surface area contributed by atoms with Gasteiger partial charge in [0, 0.05) is 7.11 Å². The molecule has 1 fully saturated rings. The highest BCUT2D eigenvalue weighted by atomic mass is 16.5. The Morgan fingerprint density at radius 1 is 1.31 bits per heavy atom. The Bertz CT molecular complexity index is 187. The van der Waals surface area contributed by atoms with Gasteiger partial charge in [-0.25, -0.2) is 0 Å². The zero-order chi connectivity index (χ0) is 10.3. The van der Waals surface area contributed by atoms with Crippen molar-refractivity contribution in [1.29, 1.82) is 0 Å². The lowest BCUT2D eigenvalue weighted by atomic mass is 9.68. The average Bonchev–Trinajstić information content (AvgIpc) is 1.95. The molecule has 0 aromatic heterocycles. The highest BCUT2D eigenvalue weighted by Gasteiger charge is 2.47. The average molecular weight is 188 g/mol. The Balaban J connectivity index is 2.81. The lowest BCUT2D eigenvalue weighted by Crippen LogP contribution is -2.55. The monoisotopic (exact) mass is 188 g/mol. The predicted octanol–water partition coefficient (Wildman–Crippen LogP) is 0.933. The van der Waals surface area contributed by atoms with Crippen molar-refractivity contribution in [2.75, 3.05) is 7.11 Å². The zero-order valence-electron chi connectivity index (χ0n) is 8.87. The molecule has 2 N–H and O–H groups in total. The number of rotatable bonds is 1. The van der Waals surface area contributed by atoms with E-state index in [9.17, 15) is 10.2 Å². The third-order valence-corrected chi connectivity index (χ3v) is 2.88. The third kappa shape index (κ3) is 2.22. The first-order valence-electron chi connectivity index (χ1n) is 4.72. The molecule has 0 spiro atoms. The van der Waals surface area contributed by atoms with E-state index in [1.54, 1.807) is 14.0 Å². The fourth-order valence-corrected chi connectivity index (χ4v) is 2.41. The Morgan fingerprint density at radius 2 is 1.85 bits per heavy atom. The lowest BCUT2D eigenvalue weighted by Gasteiger charge is -2.46. The Labute approximate surface area is 79.7 Å². The maximum absolute atomic E-state index is 9.95. The first kappa shape index (κ1) is 11.0. The first-order chi connectivity index (χ1) is 5.78. The minimum Gasteiger partial charge on any atom is -0.387 e. The summed E-state index contributed by atoms with van der Waals surface area (Å²) in [7, 11) is 1.57. The van der Waals surface area contributed by atoms with Crippen LogP contribution in [0.15, 0.2) is 0 Å². The van der Waals surface area contributed by atoms with Crippen LogP contribution < -0.4 is 0 Å². The number of aliphatic hydroxyl groups excluding tert-OH is 1. The molecule has 0 saturated heterocycles. The van der Waals surface area contributed by atoms with Gasteiger partial charge in [0.25, 0.3) is 0 Å². The Hall–Kier alpha value is -0.120. The van der Waals surface area contributed by atoms with Gasteiger partial charge >= 0.3 is 0 Å². The highest BCUT2D eigenvalue weighted by molar-refractivity contribution is 4.98. The van der Waals surface area contributed by atoms with Crippen LogP contribution in [0.2, 0.25) is 0 Å². The van der Waals surface area contributed by atoms with E-state index in [0.29, 0.717) is 6.42 Å². The molecule has 13 heavy (non-hydrogen) atoms. The van der Waals surface area contributed by atoms with E-state index in [2.05, 4.69) is 13.8 Å². The predicted molar refractivity (Wildman–Crippen MR) is 50.4 cm³/mol. The normalized spacial score (nSPS) is 44.8. The first-order valence-corrected chi connectivity index (χ1v) is 4.72. The number of aliphatic hydroxyl groups is 2. The van der Waals surface area contributed by atoms with Gasteiger partial charge in [-0.1, -0.05) is 13.8 Å². The van der Waals surface area contributed by atoms with Gasteiger partial charge in [-0.3, -0.25) is 0 Å².